The van der Waals surface area contributed by atoms with Crippen LogP contribution in [0.2, 0.25) is 0 Å². The third-order valence-corrected chi connectivity index (χ3v) is 7.21. The lowest BCUT2D eigenvalue weighted by atomic mass is 10.1. The molecule has 4 aromatic rings. The zero-order valence-electron chi connectivity index (χ0n) is 22.6. The van der Waals surface area contributed by atoms with Crippen LogP contribution in [0.25, 0.3) is 16.8 Å². The van der Waals surface area contributed by atoms with Crippen LogP contribution in [0.3, 0.4) is 0 Å². The maximum Gasteiger partial charge on any atom is 0.329 e. The molecule has 0 saturated carbocycles. The molecule has 1 heterocycles. The highest BCUT2D eigenvalue weighted by atomic mass is 79.9. The standard InChI is InChI=1S/C32H28BrN3O5/c1-3-40-28-16-23(26(33)17-29(28)41-19-22-9-6-8-21-7-4-5-10-25(21)22)15-27-31(38)36(32(39)35-27)18-30(37)34-24-13-11-20(2)12-14-24/h4-17H,3,18-19H2,1-2H3,(H,34,37)(H,35,39)/b27-15+. The van der Waals surface area contributed by atoms with Crippen molar-refractivity contribution < 1.29 is 23.9 Å². The van der Waals surface area contributed by atoms with Gasteiger partial charge in [-0.2, -0.15) is 0 Å². The fraction of sp³-hybridized carbons (Fsp3) is 0.156. The Morgan fingerprint density at radius 2 is 1.71 bits per heavy atom. The summed E-state index contributed by atoms with van der Waals surface area (Å²) >= 11 is 3.56. The zero-order chi connectivity index (χ0) is 28.9. The van der Waals surface area contributed by atoms with E-state index in [0.717, 1.165) is 26.8 Å². The van der Waals surface area contributed by atoms with Crippen molar-refractivity contribution in [1.29, 1.82) is 0 Å². The van der Waals surface area contributed by atoms with Gasteiger partial charge in [-0.25, -0.2) is 9.69 Å². The zero-order valence-corrected chi connectivity index (χ0v) is 24.2. The number of benzene rings is 4. The van der Waals surface area contributed by atoms with Gasteiger partial charge in [0.25, 0.3) is 5.91 Å². The summed E-state index contributed by atoms with van der Waals surface area (Å²) in [5.74, 6) is -0.0554. The van der Waals surface area contributed by atoms with E-state index in [2.05, 4.69) is 44.8 Å². The van der Waals surface area contributed by atoms with Gasteiger partial charge in [0.1, 0.15) is 18.8 Å². The van der Waals surface area contributed by atoms with Crippen molar-refractivity contribution in [3.8, 4) is 11.5 Å². The topological polar surface area (TPSA) is 97.0 Å². The summed E-state index contributed by atoms with van der Waals surface area (Å²) in [5, 5.41) is 7.51. The molecule has 8 nitrogen and oxygen atoms in total. The van der Waals surface area contributed by atoms with Crippen LogP contribution in [0.15, 0.2) is 89.0 Å². The molecule has 0 atom stereocenters. The molecule has 0 aromatic heterocycles. The van der Waals surface area contributed by atoms with Gasteiger partial charge >= 0.3 is 6.03 Å². The van der Waals surface area contributed by atoms with Gasteiger partial charge < -0.3 is 20.1 Å². The molecule has 4 aromatic carbocycles. The summed E-state index contributed by atoms with van der Waals surface area (Å²) in [5.41, 5.74) is 3.32. The maximum atomic E-state index is 13.0. The number of fused-ring (bicyclic) bond motifs is 1. The number of hydrogen-bond donors (Lipinski definition) is 2. The molecule has 0 bridgehead atoms. The number of rotatable bonds is 9. The predicted octanol–water partition coefficient (Wildman–Crippen LogP) is 6.42. The first kappa shape index (κ1) is 27.9. The highest BCUT2D eigenvalue weighted by Crippen LogP contribution is 2.36. The molecule has 0 aliphatic carbocycles. The second-order valence-corrected chi connectivity index (χ2v) is 10.3. The summed E-state index contributed by atoms with van der Waals surface area (Å²) in [6.07, 6.45) is 1.54. The number of urea groups is 1. The van der Waals surface area contributed by atoms with E-state index in [1.54, 1.807) is 30.3 Å². The Labute approximate surface area is 246 Å². The van der Waals surface area contributed by atoms with E-state index in [9.17, 15) is 14.4 Å². The number of anilines is 1. The lowest BCUT2D eigenvalue weighted by Gasteiger charge is -2.15. The van der Waals surface area contributed by atoms with Gasteiger partial charge in [-0.05, 0) is 66.1 Å². The SMILES string of the molecule is CCOc1cc(/C=C2/NC(=O)N(CC(=O)Nc3ccc(C)cc3)C2=O)c(Br)cc1OCc1cccc2ccccc12. The second kappa shape index (κ2) is 12.3. The van der Waals surface area contributed by atoms with Gasteiger partial charge in [0.15, 0.2) is 11.5 Å². The van der Waals surface area contributed by atoms with Crippen molar-refractivity contribution in [2.24, 2.45) is 0 Å². The third kappa shape index (κ3) is 6.41. The lowest BCUT2D eigenvalue weighted by Crippen LogP contribution is -2.38. The minimum Gasteiger partial charge on any atom is -0.490 e. The van der Waals surface area contributed by atoms with Crippen LogP contribution in [0, 0.1) is 6.92 Å². The van der Waals surface area contributed by atoms with Crippen LogP contribution in [-0.2, 0) is 16.2 Å². The number of ether oxygens (including phenoxy) is 2. The molecule has 5 rings (SSSR count). The van der Waals surface area contributed by atoms with Crippen LogP contribution in [0.4, 0.5) is 10.5 Å². The monoisotopic (exact) mass is 613 g/mol. The van der Waals surface area contributed by atoms with Gasteiger partial charge in [-0.1, -0.05) is 76.1 Å². The Balaban J connectivity index is 1.32. The number of nitrogens with zero attached hydrogens (tertiary/aromatic N) is 1. The Bertz CT molecular complexity index is 1660. The summed E-state index contributed by atoms with van der Waals surface area (Å²) in [7, 11) is 0. The number of imide groups is 1. The molecule has 4 amide bonds. The largest absolute Gasteiger partial charge is 0.490 e. The lowest BCUT2D eigenvalue weighted by molar-refractivity contribution is -0.127. The second-order valence-electron chi connectivity index (χ2n) is 9.47. The van der Waals surface area contributed by atoms with E-state index in [1.165, 1.54) is 0 Å². The van der Waals surface area contributed by atoms with E-state index >= 15 is 0 Å². The first-order chi connectivity index (χ1) is 19.8. The Morgan fingerprint density at radius 1 is 0.976 bits per heavy atom. The smallest absolute Gasteiger partial charge is 0.329 e. The quantitative estimate of drug-likeness (QED) is 0.168. The molecular weight excluding hydrogens is 586 g/mol. The Kier molecular flexibility index (Phi) is 8.35. The molecule has 2 N–H and O–H groups in total. The highest BCUT2D eigenvalue weighted by Gasteiger charge is 2.35. The Hall–Kier alpha value is -4.63. The average Bonchev–Trinajstić information content (AvgIpc) is 3.22. The third-order valence-electron chi connectivity index (χ3n) is 6.53. The van der Waals surface area contributed by atoms with E-state index in [1.807, 2.05) is 50.2 Å². The van der Waals surface area contributed by atoms with Crippen LogP contribution < -0.4 is 20.1 Å². The van der Waals surface area contributed by atoms with Crippen molar-refractivity contribution in [1.82, 2.24) is 10.2 Å². The minimum absolute atomic E-state index is 0.0470. The van der Waals surface area contributed by atoms with Crippen molar-refractivity contribution in [2.45, 2.75) is 20.5 Å². The summed E-state index contributed by atoms with van der Waals surface area (Å²) in [6, 6.07) is 24.3. The molecule has 0 unspecified atom stereocenters. The van der Waals surface area contributed by atoms with Crippen molar-refractivity contribution >= 4 is 56.3 Å². The number of amides is 4. The van der Waals surface area contributed by atoms with Crippen LogP contribution in [0.5, 0.6) is 11.5 Å². The predicted molar refractivity (Wildman–Crippen MR) is 162 cm³/mol. The van der Waals surface area contributed by atoms with Crippen LogP contribution >= 0.6 is 15.9 Å². The number of aryl methyl sites for hydroxylation is 1. The van der Waals surface area contributed by atoms with Crippen LogP contribution in [0.1, 0.15) is 23.6 Å². The first-order valence-corrected chi connectivity index (χ1v) is 13.9. The van der Waals surface area contributed by atoms with Crippen molar-refractivity contribution in [2.75, 3.05) is 18.5 Å². The molecule has 1 aliphatic heterocycles. The fourth-order valence-corrected chi connectivity index (χ4v) is 4.90. The van der Waals surface area contributed by atoms with Gasteiger partial charge in [-0.15, -0.1) is 0 Å². The number of nitrogens with one attached hydrogen (secondary N) is 2. The van der Waals surface area contributed by atoms with E-state index < -0.39 is 24.4 Å². The number of carbonyl (C=O) groups excluding carboxylic acids is 3. The molecule has 41 heavy (non-hydrogen) atoms. The number of carbonyl (C=O) groups is 3. The molecule has 0 radical (unpaired) electrons. The average molecular weight is 614 g/mol. The molecular formula is C32H28BrN3O5. The summed E-state index contributed by atoms with van der Waals surface area (Å²) in [4.78, 5) is 39.0. The van der Waals surface area contributed by atoms with Crippen molar-refractivity contribution in [3.05, 3.63) is 106 Å². The summed E-state index contributed by atoms with van der Waals surface area (Å²) < 4.78 is 12.7. The number of hydrogen-bond acceptors (Lipinski definition) is 5. The number of halogens is 1. The molecule has 1 aliphatic rings. The van der Waals surface area contributed by atoms with E-state index in [0.29, 0.717) is 40.4 Å². The molecule has 0 spiro atoms. The molecule has 9 heteroatoms. The van der Waals surface area contributed by atoms with Gasteiger partial charge in [0.2, 0.25) is 5.91 Å². The molecule has 1 saturated heterocycles. The van der Waals surface area contributed by atoms with Gasteiger partial charge in [-0.3, -0.25) is 9.59 Å². The fourth-order valence-electron chi connectivity index (χ4n) is 4.47. The minimum atomic E-state index is -0.670. The maximum absolute atomic E-state index is 13.0. The molecule has 208 valence electrons. The first-order valence-electron chi connectivity index (χ1n) is 13.1. The van der Waals surface area contributed by atoms with E-state index in [-0.39, 0.29) is 5.70 Å². The van der Waals surface area contributed by atoms with Crippen molar-refractivity contribution in [3.63, 3.8) is 0 Å². The van der Waals surface area contributed by atoms with E-state index in [4.69, 9.17) is 9.47 Å². The normalized spacial score (nSPS) is 13.9. The highest BCUT2D eigenvalue weighted by molar-refractivity contribution is 9.10. The van der Waals surface area contributed by atoms with Crippen LogP contribution in [-0.4, -0.2) is 35.9 Å². The summed E-state index contributed by atoms with van der Waals surface area (Å²) in [6.45, 7) is 4.14. The molecule has 1 fully saturated rings. The van der Waals surface area contributed by atoms with Gasteiger partial charge in [0, 0.05) is 10.2 Å². The van der Waals surface area contributed by atoms with Gasteiger partial charge in [0.05, 0.1) is 6.61 Å². The Morgan fingerprint density at radius 3 is 2.49 bits per heavy atom.